The first kappa shape index (κ1) is 10.6. The molecule has 1 aliphatic rings. The number of hydrogen-bond donors (Lipinski definition) is 0. The van der Waals surface area contributed by atoms with Gasteiger partial charge in [-0.25, -0.2) is 13.8 Å². The van der Waals surface area contributed by atoms with Crippen LogP contribution in [0.15, 0.2) is 18.3 Å². The summed E-state index contributed by atoms with van der Waals surface area (Å²) in [6.07, 6.45) is 1.35. The van der Waals surface area contributed by atoms with Gasteiger partial charge in [0.25, 0.3) is 0 Å². The molecule has 0 saturated heterocycles. The van der Waals surface area contributed by atoms with Crippen molar-refractivity contribution in [3.63, 3.8) is 0 Å². The molecule has 0 N–H and O–H groups in total. The van der Waals surface area contributed by atoms with Crippen molar-refractivity contribution in [2.75, 3.05) is 6.61 Å². The molecule has 15 heavy (non-hydrogen) atoms. The molecule has 2 rings (SSSR count). The summed E-state index contributed by atoms with van der Waals surface area (Å²) < 4.78 is 30.2. The summed E-state index contributed by atoms with van der Waals surface area (Å²) in [6, 6.07) is 3.34. The molecule has 0 aliphatic heterocycles. The standard InChI is InChI=1S/C10H10ClF2NO/c11-8-2-1-3-14-9(8)15-6-7-4-10(12,13)5-7/h1-3,7H,4-6H2. The zero-order chi connectivity index (χ0) is 10.9. The van der Waals surface area contributed by atoms with Crippen molar-refractivity contribution >= 4 is 11.6 Å². The van der Waals surface area contributed by atoms with E-state index in [4.69, 9.17) is 16.3 Å². The van der Waals surface area contributed by atoms with Gasteiger partial charge in [0.2, 0.25) is 11.8 Å². The van der Waals surface area contributed by atoms with E-state index in [1.807, 2.05) is 0 Å². The minimum Gasteiger partial charge on any atom is -0.476 e. The molecule has 1 heterocycles. The fraction of sp³-hybridized carbons (Fsp3) is 0.500. The molecule has 1 saturated carbocycles. The second-order valence-electron chi connectivity index (χ2n) is 3.73. The first-order valence-corrected chi connectivity index (χ1v) is 5.06. The fourth-order valence-electron chi connectivity index (χ4n) is 1.58. The Morgan fingerprint density at radius 1 is 1.53 bits per heavy atom. The SMILES string of the molecule is FC1(F)CC(COc2ncccc2Cl)C1. The zero-order valence-electron chi connectivity index (χ0n) is 7.92. The van der Waals surface area contributed by atoms with Crippen LogP contribution in [0.4, 0.5) is 8.78 Å². The average molecular weight is 234 g/mol. The van der Waals surface area contributed by atoms with Crippen molar-refractivity contribution in [2.45, 2.75) is 18.8 Å². The predicted molar refractivity (Wildman–Crippen MR) is 52.4 cm³/mol. The lowest BCUT2D eigenvalue weighted by Gasteiger charge is -2.34. The summed E-state index contributed by atoms with van der Waals surface area (Å²) in [7, 11) is 0. The Kier molecular flexibility index (Phi) is 2.78. The van der Waals surface area contributed by atoms with Gasteiger partial charge in [0.1, 0.15) is 5.02 Å². The summed E-state index contributed by atoms with van der Waals surface area (Å²) >= 11 is 5.79. The largest absolute Gasteiger partial charge is 0.476 e. The summed E-state index contributed by atoms with van der Waals surface area (Å²) in [5.74, 6) is -2.27. The first-order valence-electron chi connectivity index (χ1n) is 4.68. The maximum Gasteiger partial charge on any atom is 0.248 e. The topological polar surface area (TPSA) is 22.1 Å². The Bertz CT molecular complexity index is 351. The normalized spacial score (nSPS) is 19.7. The van der Waals surface area contributed by atoms with Crippen molar-refractivity contribution in [1.29, 1.82) is 0 Å². The van der Waals surface area contributed by atoms with E-state index in [-0.39, 0.29) is 25.4 Å². The lowest BCUT2D eigenvalue weighted by molar-refractivity contribution is -0.119. The van der Waals surface area contributed by atoms with Gasteiger partial charge in [-0.3, -0.25) is 0 Å². The third-order valence-electron chi connectivity index (χ3n) is 2.36. The molecule has 0 unspecified atom stereocenters. The van der Waals surface area contributed by atoms with Crippen LogP contribution in [0.25, 0.3) is 0 Å². The number of hydrogen-bond acceptors (Lipinski definition) is 2. The van der Waals surface area contributed by atoms with E-state index in [1.165, 1.54) is 0 Å². The van der Waals surface area contributed by atoms with Crippen LogP contribution in [0.5, 0.6) is 5.88 Å². The summed E-state index contributed by atoms with van der Waals surface area (Å²) in [6.45, 7) is 0.256. The molecule has 5 heteroatoms. The van der Waals surface area contributed by atoms with Gasteiger partial charge in [-0.05, 0) is 12.1 Å². The van der Waals surface area contributed by atoms with E-state index in [9.17, 15) is 8.78 Å². The average Bonchev–Trinajstić information content (AvgIpc) is 2.13. The Balaban J connectivity index is 1.82. The smallest absolute Gasteiger partial charge is 0.248 e. The van der Waals surface area contributed by atoms with Gasteiger partial charge in [0, 0.05) is 25.0 Å². The highest BCUT2D eigenvalue weighted by Crippen LogP contribution is 2.42. The van der Waals surface area contributed by atoms with Gasteiger partial charge in [0.15, 0.2) is 0 Å². The molecule has 0 atom stereocenters. The van der Waals surface area contributed by atoms with Gasteiger partial charge in [-0.1, -0.05) is 11.6 Å². The number of alkyl halides is 2. The summed E-state index contributed by atoms with van der Waals surface area (Å²) in [5, 5.41) is 0.406. The number of nitrogens with zero attached hydrogens (tertiary/aromatic N) is 1. The Labute approximate surface area is 91.2 Å². The lowest BCUT2D eigenvalue weighted by Crippen LogP contribution is -2.38. The maximum absolute atomic E-state index is 12.5. The number of pyridine rings is 1. The molecule has 0 radical (unpaired) electrons. The monoisotopic (exact) mass is 233 g/mol. The van der Waals surface area contributed by atoms with Crippen molar-refractivity contribution in [3.8, 4) is 5.88 Å². The van der Waals surface area contributed by atoms with E-state index in [0.717, 1.165) is 0 Å². The van der Waals surface area contributed by atoms with Gasteiger partial charge in [-0.2, -0.15) is 0 Å². The molecule has 0 bridgehead atoms. The zero-order valence-corrected chi connectivity index (χ0v) is 8.68. The lowest BCUT2D eigenvalue weighted by atomic mass is 9.82. The van der Waals surface area contributed by atoms with Crippen LogP contribution in [0.2, 0.25) is 5.02 Å². The van der Waals surface area contributed by atoms with Crippen molar-refractivity contribution < 1.29 is 13.5 Å². The molecule has 82 valence electrons. The quantitative estimate of drug-likeness (QED) is 0.800. The van der Waals surface area contributed by atoms with Gasteiger partial charge in [-0.15, -0.1) is 0 Å². The minimum absolute atomic E-state index is 0.0851. The van der Waals surface area contributed by atoms with E-state index < -0.39 is 5.92 Å². The molecule has 1 aromatic heterocycles. The van der Waals surface area contributed by atoms with Gasteiger partial charge < -0.3 is 4.74 Å². The number of ether oxygens (including phenoxy) is 1. The molecule has 2 nitrogen and oxygen atoms in total. The Hall–Kier alpha value is -0.900. The summed E-state index contributed by atoms with van der Waals surface area (Å²) in [4.78, 5) is 3.90. The molecule has 1 fully saturated rings. The third kappa shape index (κ3) is 2.56. The number of rotatable bonds is 3. The van der Waals surface area contributed by atoms with Gasteiger partial charge >= 0.3 is 0 Å². The highest BCUT2D eigenvalue weighted by Gasteiger charge is 2.45. The highest BCUT2D eigenvalue weighted by molar-refractivity contribution is 6.31. The van der Waals surface area contributed by atoms with Crippen LogP contribution in [-0.4, -0.2) is 17.5 Å². The van der Waals surface area contributed by atoms with Crippen LogP contribution in [0.1, 0.15) is 12.8 Å². The molecule has 1 aromatic rings. The highest BCUT2D eigenvalue weighted by atomic mass is 35.5. The van der Waals surface area contributed by atoms with E-state index in [2.05, 4.69) is 4.98 Å². The fourth-order valence-corrected chi connectivity index (χ4v) is 1.75. The molecular weight excluding hydrogens is 224 g/mol. The number of halogens is 3. The number of aromatic nitrogens is 1. The van der Waals surface area contributed by atoms with Crippen LogP contribution >= 0.6 is 11.6 Å². The Morgan fingerprint density at radius 2 is 2.27 bits per heavy atom. The van der Waals surface area contributed by atoms with E-state index >= 15 is 0 Å². The molecule has 0 spiro atoms. The van der Waals surface area contributed by atoms with Gasteiger partial charge in [0.05, 0.1) is 6.61 Å². The second-order valence-corrected chi connectivity index (χ2v) is 4.14. The van der Waals surface area contributed by atoms with Crippen LogP contribution in [0.3, 0.4) is 0 Å². The van der Waals surface area contributed by atoms with Crippen molar-refractivity contribution in [2.24, 2.45) is 5.92 Å². The summed E-state index contributed by atoms with van der Waals surface area (Å²) in [5.41, 5.74) is 0. The molecule has 0 aromatic carbocycles. The van der Waals surface area contributed by atoms with Crippen LogP contribution in [0, 0.1) is 5.92 Å². The van der Waals surface area contributed by atoms with Crippen LogP contribution in [-0.2, 0) is 0 Å². The second kappa shape index (κ2) is 3.93. The molecular formula is C10H10ClF2NO. The maximum atomic E-state index is 12.5. The van der Waals surface area contributed by atoms with E-state index in [0.29, 0.717) is 10.9 Å². The third-order valence-corrected chi connectivity index (χ3v) is 2.64. The Morgan fingerprint density at radius 3 is 2.87 bits per heavy atom. The van der Waals surface area contributed by atoms with E-state index in [1.54, 1.807) is 18.3 Å². The predicted octanol–water partition coefficient (Wildman–Crippen LogP) is 3.16. The van der Waals surface area contributed by atoms with Crippen molar-refractivity contribution in [3.05, 3.63) is 23.4 Å². The molecule has 1 aliphatic carbocycles. The van der Waals surface area contributed by atoms with Crippen LogP contribution < -0.4 is 4.74 Å². The first-order chi connectivity index (χ1) is 7.07. The van der Waals surface area contributed by atoms with Crippen molar-refractivity contribution in [1.82, 2.24) is 4.98 Å². The molecule has 0 amide bonds. The minimum atomic E-state index is -2.50.